The molecule has 0 aliphatic heterocycles. The summed E-state index contributed by atoms with van der Waals surface area (Å²) in [5, 5.41) is 8.33. The van der Waals surface area contributed by atoms with Crippen molar-refractivity contribution in [3.05, 3.63) is 18.2 Å². The highest BCUT2D eigenvalue weighted by Gasteiger charge is 2.09. The van der Waals surface area contributed by atoms with E-state index in [-0.39, 0.29) is 0 Å². The van der Waals surface area contributed by atoms with Gasteiger partial charge in [0, 0.05) is 18.9 Å². The Morgan fingerprint density at radius 1 is 1.32 bits per heavy atom. The first kappa shape index (κ1) is 20.6. The van der Waals surface area contributed by atoms with Gasteiger partial charge in [-0.1, -0.05) is 32.6 Å². The van der Waals surface area contributed by atoms with Crippen LogP contribution in [0.2, 0.25) is 0 Å². The fourth-order valence-electron chi connectivity index (χ4n) is 1.98. The molecule has 128 valence electrons. The van der Waals surface area contributed by atoms with E-state index in [4.69, 9.17) is 16.6 Å². The molecule has 0 saturated heterocycles. The number of rotatable bonds is 10. The van der Waals surface area contributed by atoms with Gasteiger partial charge in [-0.15, -0.1) is 0 Å². The number of nitrogens with zero attached hydrogens (tertiary/aromatic N) is 2. The maximum Gasteiger partial charge on any atom is 0.320 e. The van der Waals surface area contributed by atoms with Crippen molar-refractivity contribution < 1.29 is 9.90 Å². The van der Waals surface area contributed by atoms with E-state index in [0.29, 0.717) is 13.0 Å². The van der Waals surface area contributed by atoms with E-state index in [0.717, 1.165) is 25.2 Å². The lowest BCUT2D eigenvalue weighted by atomic mass is 10.1. The van der Waals surface area contributed by atoms with Crippen LogP contribution in [0.4, 0.5) is 0 Å². The number of imidazole rings is 1. The van der Waals surface area contributed by atoms with Crippen molar-refractivity contribution in [1.29, 1.82) is 0 Å². The Balaban J connectivity index is 0.000000409. The number of carbonyl (C=O) groups is 1. The summed E-state index contributed by atoms with van der Waals surface area (Å²) in [6.07, 6.45) is 11.4. The number of unbranched alkanes of at least 4 members (excludes halogenated alkanes) is 4. The maximum atomic E-state index is 10.1. The molecule has 0 radical (unpaired) electrons. The quantitative estimate of drug-likeness (QED) is 0.575. The molecular weight excluding hydrogens is 280 g/mol. The molecule has 6 nitrogen and oxygen atoms in total. The Labute approximate surface area is 133 Å². The number of aliphatic carboxylic acids is 1. The minimum absolute atomic E-state index is 0.520. The molecule has 0 aromatic carbocycles. The van der Waals surface area contributed by atoms with E-state index in [1.807, 2.05) is 6.20 Å². The average molecular weight is 312 g/mol. The summed E-state index contributed by atoms with van der Waals surface area (Å²) in [4.78, 5) is 14.3. The van der Waals surface area contributed by atoms with Gasteiger partial charge in [0.1, 0.15) is 11.9 Å². The summed E-state index contributed by atoms with van der Waals surface area (Å²) >= 11 is 0. The van der Waals surface area contributed by atoms with Crippen LogP contribution in [0.15, 0.2) is 12.4 Å². The highest BCUT2D eigenvalue weighted by molar-refractivity contribution is 5.72. The Kier molecular flexibility index (Phi) is 12.4. The molecule has 0 amide bonds. The SMILES string of the molecule is CCCCCCn1ccnc1C.NCCCC[C@H](N)C(=O)O. The minimum Gasteiger partial charge on any atom is -0.480 e. The number of carboxylic acids is 1. The van der Waals surface area contributed by atoms with E-state index < -0.39 is 12.0 Å². The van der Waals surface area contributed by atoms with Crippen molar-refractivity contribution in [2.24, 2.45) is 11.5 Å². The topological polar surface area (TPSA) is 107 Å². The van der Waals surface area contributed by atoms with E-state index in [1.54, 1.807) is 0 Å². The van der Waals surface area contributed by atoms with Gasteiger partial charge in [0.25, 0.3) is 0 Å². The number of hydrogen-bond donors (Lipinski definition) is 3. The molecule has 1 aromatic rings. The molecule has 0 fully saturated rings. The van der Waals surface area contributed by atoms with Gasteiger partial charge < -0.3 is 21.1 Å². The van der Waals surface area contributed by atoms with Gasteiger partial charge in [0.05, 0.1) is 0 Å². The van der Waals surface area contributed by atoms with Crippen LogP contribution >= 0.6 is 0 Å². The van der Waals surface area contributed by atoms with Crippen LogP contribution in [-0.2, 0) is 11.3 Å². The van der Waals surface area contributed by atoms with Gasteiger partial charge in [-0.2, -0.15) is 0 Å². The number of nitrogens with two attached hydrogens (primary N) is 2. The molecule has 1 atom stereocenters. The maximum absolute atomic E-state index is 10.1. The first-order valence-corrected chi connectivity index (χ1v) is 8.19. The van der Waals surface area contributed by atoms with Gasteiger partial charge in [0.15, 0.2) is 0 Å². The molecule has 0 bridgehead atoms. The van der Waals surface area contributed by atoms with Crippen molar-refractivity contribution in [3.8, 4) is 0 Å². The zero-order valence-electron chi connectivity index (χ0n) is 14.0. The second-order valence-electron chi connectivity index (χ2n) is 5.46. The molecule has 0 aliphatic carbocycles. The third kappa shape index (κ3) is 10.3. The first-order chi connectivity index (χ1) is 10.5. The average Bonchev–Trinajstić information content (AvgIpc) is 2.90. The van der Waals surface area contributed by atoms with E-state index in [9.17, 15) is 4.79 Å². The molecule has 1 rings (SSSR count). The largest absolute Gasteiger partial charge is 0.480 e. The fourth-order valence-corrected chi connectivity index (χ4v) is 1.98. The third-order valence-electron chi connectivity index (χ3n) is 3.46. The number of hydrogen-bond acceptors (Lipinski definition) is 4. The standard InChI is InChI=1S/C10H18N2.C6H14N2O2/c1-3-4-5-6-8-12-9-7-11-10(12)2;7-4-2-1-3-5(8)6(9)10/h7,9H,3-6,8H2,1-2H3;5H,1-4,7-8H2,(H,9,10)/t;5-/m.0/s1. The number of aromatic nitrogens is 2. The van der Waals surface area contributed by atoms with Gasteiger partial charge in [-0.3, -0.25) is 4.79 Å². The van der Waals surface area contributed by atoms with E-state index in [1.165, 1.54) is 25.7 Å². The minimum atomic E-state index is -0.933. The number of aryl methyl sites for hydroxylation is 2. The Bertz CT molecular complexity index is 393. The molecule has 1 heterocycles. The smallest absolute Gasteiger partial charge is 0.320 e. The number of carboxylic acid groups (broad SMARTS) is 1. The molecule has 22 heavy (non-hydrogen) atoms. The summed E-state index contributed by atoms with van der Waals surface area (Å²) in [6.45, 7) is 6.03. The molecule has 6 heteroatoms. The van der Waals surface area contributed by atoms with Crippen LogP contribution in [0.3, 0.4) is 0 Å². The van der Waals surface area contributed by atoms with Crippen LogP contribution in [0.1, 0.15) is 57.7 Å². The van der Waals surface area contributed by atoms with Crippen molar-refractivity contribution in [2.45, 2.75) is 71.4 Å². The molecule has 1 aromatic heterocycles. The molecular formula is C16H32N4O2. The normalized spacial score (nSPS) is 11.6. The van der Waals surface area contributed by atoms with Gasteiger partial charge >= 0.3 is 5.97 Å². The van der Waals surface area contributed by atoms with Crippen LogP contribution in [0.5, 0.6) is 0 Å². The van der Waals surface area contributed by atoms with E-state index >= 15 is 0 Å². The monoisotopic (exact) mass is 312 g/mol. The van der Waals surface area contributed by atoms with E-state index in [2.05, 4.69) is 29.6 Å². The first-order valence-electron chi connectivity index (χ1n) is 8.19. The van der Waals surface area contributed by atoms with Crippen LogP contribution in [-0.4, -0.2) is 33.2 Å². The molecule has 0 aliphatic rings. The fraction of sp³-hybridized carbons (Fsp3) is 0.750. The van der Waals surface area contributed by atoms with Gasteiger partial charge in [-0.05, 0) is 32.7 Å². The van der Waals surface area contributed by atoms with Crippen molar-refractivity contribution in [1.82, 2.24) is 9.55 Å². The highest BCUT2D eigenvalue weighted by Crippen LogP contribution is 2.03. The highest BCUT2D eigenvalue weighted by atomic mass is 16.4. The zero-order valence-corrected chi connectivity index (χ0v) is 14.0. The Morgan fingerprint density at radius 3 is 2.55 bits per heavy atom. The summed E-state index contributed by atoms with van der Waals surface area (Å²) in [6, 6.07) is -0.716. The second-order valence-corrected chi connectivity index (χ2v) is 5.46. The zero-order chi connectivity index (χ0) is 16.8. The van der Waals surface area contributed by atoms with Crippen LogP contribution in [0, 0.1) is 6.92 Å². The van der Waals surface area contributed by atoms with Gasteiger partial charge in [0.2, 0.25) is 0 Å². The van der Waals surface area contributed by atoms with Crippen molar-refractivity contribution >= 4 is 5.97 Å². The predicted octanol–water partition coefficient (Wildman–Crippen LogP) is 2.30. The second kappa shape index (κ2) is 13.3. The Morgan fingerprint density at radius 2 is 2.05 bits per heavy atom. The summed E-state index contributed by atoms with van der Waals surface area (Å²) in [5.74, 6) is 0.198. The summed E-state index contributed by atoms with van der Waals surface area (Å²) in [7, 11) is 0. The van der Waals surface area contributed by atoms with Crippen molar-refractivity contribution in [2.75, 3.05) is 6.54 Å². The predicted molar refractivity (Wildman–Crippen MR) is 89.6 cm³/mol. The third-order valence-corrected chi connectivity index (χ3v) is 3.46. The summed E-state index contributed by atoms with van der Waals surface area (Å²) < 4.78 is 2.22. The summed E-state index contributed by atoms with van der Waals surface area (Å²) in [5.41, 5.74) is 10.4. The van der Waals surface area contributed by atoms with Crippen LogP contribution in [0.25, 0.3) is 0 Å². The molecule has 0 unspecified atom stereocenters. The van der Waals surface area contributed by atoms with Crippen molar-refractivity contribution in [3.63, 3.8) is 0 Å². The Hall–Kier alpha value is -1.40. The lowest BCUT2D eigenvalue weighted by molar-refractivity contribution is -0.138. The molecule has 0 spiro atoms. The molecule has 5 N–H and O–H groups in total. The lowest BCUT2D eigenvalue weighted by Gasteiger charge is -2.03. The van der Waals surface area contributed by atoms with Gasteiger partial charge in [-0.25, -0.2) is 4.98 Å². The van der Waals surface area contributed by atoms with Crippen LogP contribution < -0.4 is 11.5 Å². The molecule has 0 saturated carbocycles. The lowest BCUT2D eigenvalue weighted by Crippen LogP contribution is -2.29.